The second kappa shape index (κ2) is 6.25. The lowest BCUT2D eigenvalue weighted by Gasteiger charge is -2.08. The van der Waals surface area contributed by atoms with Crippen LogP contribution in [0, 0.1) is 17.2 Å². The molecule has 1 aliphatic carbocycles. The number of fused-ring (bicyclic) bond motifs is 1. The van der Waals surface area contributed by atoms with Crippen molar-refractivity contribution in [3.8, 4) is 29.0 Å². The van der Waals surface area contributed by atoms with Crippen molar-refractivity contribution in [1.29, 1.82) is 5.26 Å². The summed E-state index contributed by atoms with van der Waals surface area (Å²) in [5.74, 6) is 1.54. The van der Waals surface area contributed by atoms with Gasteiger partial charge in [-0.15, -0.1) is 10.2 Å². The maximum Gasteiger partial charge on any atom is 0.248 e. The van der Waals surface area contributed by atoms with Gasteiger partial charge >= 0.3 is 0 Å². The van der Waals surface area contributed by atoms with Crippen LogP contribution in [-0.2, 0) is 0 Å². The Kier molecular flexibility index (Phi) is 3.61. The zero-order chi connectivity index (χ0) is 18.2. The van der Waals surface area contributed by atoms with Crippen LogP contribution in [0.5, 0.6) is 0 Å². The number of nitriles is 1. The number of benzene rings is 2. The zero-order valence-corrected chi connectivity index (χ0v) is 14.4. The van der Waals surface area contributed by atoms with E-state index in [1.54, 1.807) is 12.4 Å². The third-order valence-electron chi connectivity index (χ3n) is 4.76. The molecule has 132 valence electrons. The number of anilines is 1. The zero-order valence-electron chi connectivity index (χ0n) is 14.4. The van der Waals surface area contributed by atoms with Crippen LogP contribution in [0.15, 0.2) is 47.1 Å². The van der Waals surface area contributed by atoms with E-state index in [4.69, 9.17) is 4.42 Å². The van der Waals surface area contributed by atoms with Crippen LogP contribution in [0.2, 0.25) is 0 Å². The predicted octanol–water partition coefficient (Wildman–Crippen LogP) is 3.97. The Balaban J connectivity index is 1.43. The Labute approximate surface area is 155 Å². The van der Waals surface area contributed by atoms with E-state index in [9.17, 15) is 5.26 Å². The molecule has 4 aromatic rings. The summed E-state index contributed by atoms with van der Waals surface area (Å²) >= 11 is 0. The molecule has 2 aromatic heterocycles. The third kappa shape index (κ3) is 3.02. The standard InChI is InChI=1S/C20H16N6O/c21-9-15-7-13(3-5-16(15)22-10-12-1-2-12)19-25-26-20(27-19)14-4-6-17-18(8-14)24-11-23-17/h3-8,11-12,22H,1-2,10H2,(H,23,24). The van der Waals surface area contributed by atoms with Gasteiger partial charge in [0.2, 0.25) is 11.8 Å². The van der Waals surface area contributed by atoms with Gasteiger partial charge in [0.25, 0.3) is 0 Å². The Morgan fingerprint density at radius 1 is 1.11 bits per heavy atom. The summed E-state index contributed by atoms with van der Waals surface area (Å²) in [6, 6.07) is 13.5. The van der Waals surface area contributed by atoms with Gasteiger partial charge in [0, 0.05) is 17.7 Å². The molecule has 2 heterocycles. The van der Waals surface area contributed by atoms with Crippen molar-refractivity contribution in [3.63, 3.8) is 0 Å². The van der Waals surface area contributed by atoms with Gasteiger partial charge in [-0.25, -0.2) is 4.98 Å². The van der Waals surface area contributed by atoms with Crippen LogP contribution < -0.4 is 5.32 Å². The number of hydrogen-bond donors (Lipinski definition) is 2. The van der Waals surface area contributed by atoms with Crippen molar-refractivity contribution >= 4 is 16.7 Å². The van der Waals surface area contributed by atoms with Crippen LogP contribution in [-0.4, -0.2) is 26.7 Å². The van der Waals surface area contributed by atoms with Crippen molar-refractivity contribution in [2.75, 3.05) is 11.9 Å². The maximum atomic E-state index is 9.47. The van der Waals surface area contributed by atoms with E-state index in [-0.39, 0.29) is 0 Å². The molecule has 0 atom stereocenters. The molecule has 0 spiro atoms. The minimum Gasteiger partial charge on any atom is -0.416 e. The quantitative estimate of drug-likeness (QED) is 0.561. The first-order chi connectivity index (χ1) is 13.3. The van der Waals surface area contributed by atoms with E-state index >= 15 is 0 Å². The largest absolute Gasteiger partial charge is 0.416 e. The Bertz CT molecular complexity index is 1160. The normalized spacial score (nSPS) is 13.6. The van der Waals surface area contributed by atoms with E-state index in [0.717, 1.165) is 40.3 Å². The van der Waals surface area contributed by atoms with Gasteiger partial charge in [0.05, 0.1) is 28.6 Å². The molecule has 5 rings (SSSR count). The fourth-order valence-corrected chi connectivity index (χ4v) is 3.02. The van der Waals surface area contributed by atoms with E-state index in [1.807, 2.05) is 30.3 Å². The third-order valence-corrected chi connectivity index (χ3v) is 4.76. The van der Waals surface area contributed by atoms with Gasteiger partial charge in [-0.2, -0.15) is 5.26 Å². The maximum absolute atomic E-state index is 9.47. The van der Waals surface area contributed by atoms with Gasteiger partial charge in [0.15, 0.2) is 0 Å². The molecule has 0 saturated heterocycles. The van der Waals surface area contributed by atoms with Gasteiger partial charge in [-0.3, -0.25) is 0 Å². The molecular weight excluding hydrogens is 340 g/mol. The lowest BCUT2D eigenvalue weighted by atomic mass is 10.1. The monoisotopic (exact) mass is 356 g/mol. The molecule has 0 aliphatic heterocycles. The molecule has 27 heavy (non-hydrogen) atoms. The molecule has 7 heteroatoms. The van der Waals surface area contributed by atoms with E-state index in [1.165, 1.54) is 12.8 Å². The average molecular weight is 356 g/mol. The highest BCUT2D eigenvalue weighted by atomic mass is 16.4. The highest BCUT2D eigenvalue weighted by Crippen LogP contribution is 2.31. The minimum atomic E-state index is 0.386. The first kappa shape index (κ1) is 15.6. The van der Waals surface area contributed by atoms with Crippen molar-refractivity contribution in [3.05, 3.63) is 48.3 Å². The molecule has 1 saturated carbocycles. The molecule has 1 aliphatic rings. The average Bonchev–Trinajstić information content (AvgIpc) is 3.19. The number of rotatable bonds is 5. The number of aromatic amines is 1. The molecule has 2 N–H and O–H groups in total. The number of hydrogen-bond acceptors (Lipinski definition) is 6. The van der Waals surface area contributed by atoms with Crippen LogP contribution in [0.1, 0.15) is 18.4 Å². The van der Waals surface area contributed by atoms with Crippen LogP contribution in [0.25, 0.3) is 33.9 Å². The highest BCUT2D eigenvalue weighted by Gasteiger charge is 2.21. The fourth-order valence-electron chi connectivity index (χ4n) is 3.02. The summed E-state index contributed by atoms with van der Waals surface area (Å²) in [5.41, 5.74) is 4.74. The number of nitrogens with zero attached hydrogens (tertiary/aromatic N) is 4. The summed E-state index contributed by atoms with van der Waals surface area (Å²) in [7, 11) is 0. The Morgan fingerprint density at radius 3 is 2.67 bits per heavy atom. The first-order valence-electron chi connectivity index (χ1n) is 8.85. The summed E-state index contributed by atoms with van der Waals surface area (Å²) in [4.78, 5) is 7.30. The summed E-state index contributed by atoms with van der Waals surface area (Å²) < 4.78 is 5.84. The Morgan fingerprint density at radius 2 is 1.89 bits per heavy atom. The highest BCUT2D eigenvalue weighted by molar-refractivity contribution is 5.79. The SMILES string of the molecule is N#Cc1cc(-c2nnc(-c3ccc4[nH]cnc4c3)o2)ccc1NCC1CC1. The second-order valence-corrected chi connectivity index (χ2v) is 6.74. The van der Waals surface area contributed by atoms with Crippen molar-refractivity contribution in [2.45, 2.75) is 12.8 Å². The smallest absolute Gasteiger partial charge is 0.248 e. The topological polar surface area (TPSA) is 103 Å². The number of imidazole rings is 1. The van der Waals surface area contributed by atoms with Crippen LogP contribution >= 0.6 is 0 Å². The Hall–Kier alpha value is -3.66. The molecule has 7 nitrogen and oxygen atoms in total. The summed E-state index contributed by atoms with van der Waals surface area (Å²) in [6.07, 6.45) is 4.18. The minimum absolute atomic E-state index is 0.386. The molecule has 2 aromatic carbocycles. The van der Waals surface area contributed by atoms with E-state index in [0.29, 0.717) is 17.3 Å². The number of nitrogens with one attached hydrogen (secondary N) is 2. The number of H-pyrrole nitrogens is 1. The van der Waals surface area contributed by atoms with Crippen molar-refractivity contribution < 1.29 is 4.42 Å². The first-order valence-corrected chi connectivity index (χ1v) is 8.85. The van der Waals surface area contributed by atoms with Gasteiger partial charge in [-0.05, 0) is 55.2 Å². The van der Waals surface area contributed by atoms with Crippen molar-refractivity contribution in [1.82, 2.24) is 20.2 Å². The molecule has 1 fully saturated rings. The van der Waals surface area contributed by atoms with Gasteiger partial charge < -0.3 is 14.7 Å². The second-order valence-electron chi connectivity index (χ2n) is 6.74. The summed E-state index contributed by atoms with van der Waals surface area (Å²) in [6.45, 7) is 0.911. The fraction of sp³-hybridized carbons (Fsp3) is 0.200. The number of aromatic nitrogens is 4. The molecule has 0 amide bonds. The van der Waals surface area contributed by atoms with Gasteiger partial charge in [0.1, 0.15) is 6.07 Å². The molecular formula is C20H16N6O. The lowest BCUT2D eigenvalue weighted by molar-refractivity contribution is 0.584. The van der Waals surface area contributed by atoms with Crippen LogP contribution in [0.3, 0.4) is 0 Å². The van der Waals surface area contributed by atoms with Crippen LogP contribution in [0.4, 0.5) is 5.69 Å². The van der Waals surface area contributed by atoms with E-state index < -0.39 is 0 Å². The van der Waals surface area contributed by atoms with Crippen molar-refractivity contribution in [2.24, 2.45) is 5.92 Å². The van der Waals surface area contributed by atoms with Gasteiger partial charge in [-0.1, -0.05) is 0 Å². The predicted molar refractivity (Wildman–Crippen MR) is 101 cm³/mol. The summed E-state index contributed by atoms with van der Waals surface area (Å²) in [5, 5.41) is 21.1. The van der Waals surface area contributed by atoms with E-state index in [2.05, 4.69) is 31.6 Å². The molecule has 0 bridgehead atoms. The molecule has 0 unspecified atom stereocenters. The lowest BCUT2D eigenvalue weighted by Crippen LogP contribution is -2.04. The molecule has 0 radical (unpaired) electrons.